The number of nitro benzene ring substituents is 1. The van der Waals surface area contributed by atoms with Gasteiger partial charge in [-0.05, 0) is 49.7 Å². The van der Waals surface area contributed by atoms with Gasteiger partial charge < -0.3 is 4.74 Å². The summed E-state index contributed by atoms with van der Waals surface area (Å²) in [6.45, 7) is 6.56. The van der Waals surface area contributed by atoms with Crippen LogP contribution in [0.15, 0.2) is 24.3 Å². The smallest absolute Gasteiger partial charge is 0.338 e. The van der Waals surface area contributed by atoms with Crippen molar-refractivity contribution in [2.45, 2.75) is 45.6 Å². The van der Waals surface area contributed by atoms with Gasteiger partial charge in [0.25, 0.3) is 5.69 Å². The number of nitro groups is 1. The third-order valence-electron chi connectivity index (χ3n) is 5.78. The van der Waals surface area contributed by atoms with Crippen LogP contribution in [0, 0.1) is 27.4 Å². The van der Waals surface area contributed by atoms with E-state index in [0.29, 0.717) is 17.4 Å². The maximum Gasteiger partial charge on any atom is 0.338 e. The van der Waals surface area contributed by atoms with Crippen LogP contribution < -0.4 is 0 Å². The molecular weight excluding hydrogens is 282 g/mol. The van der Waals surface area contributed by atoms with Gasteiger partial charge in [0.15, 0.2) is 0 Å². The Balaban J connectivity index is 1.76. The summed E-state index contributed by atoms with van der Waals surface area (Å²) in [5.74, 6) is 0.597. The summed E-state index contributed by atoms with van der Waals surface area (Å²) in [5, 5.41) is 10.7. The van der Waals surface area contributed by atoms with Crippen molar-refractivity contribution in [3.63, 3.8) is 0 Å². The minimum absolute atomic E-state index is 0.0242. The van der Waals surface area contributed by atoms with Crippen LogP contribution in [0.25, 0.3) is 0 Å². The zero-order valence-electron chi connectivity index (χ0n) is 13.2. The molecule has 118 valence electrons. The van der Waals surface area contributed by atoms with Crippen molar-refractivity contribution in [3.8, 4) is 0 Å². The molecule has 0 N–H and O–H groups in total. The number of nitrogens with zero attached hydrogens (tertiary/aromatic N) is 1. The van der Waals surface area contributed by atoms with Crippen molar-refractivity contribution >= 4 is 11.7 Å². The fourth-order valence-electron chi connectivity index (χ4n) is 4.59. The molecular formula is C17H21NO4. The SMILES string of the molecule is CC1(OC(=O)c2ccc([N+](=O)[O-])cc2)CC2CCC1C2(C)C. The molecule has 2 aliphatic carbocycles. The van der Waals surface area contributed by atoms with Gasteiger partial charge in [0.05, 0.1) is 10.5 Å². The van der Waals surface area contributed by atoms with Crippen molar-refractivity contribution in [1.29, 1.82) is 0 Å². The molecule has 2 saturated carbocycles. The van der Waals surface area contributed by atoms with E-state index >= 15 is 0 Å². The van der Waals surface area contributed by atoms with Crippen LogP contribution in [0.1, 0.15) is 50.4 Å². The first-order valence-corrected chi connectivity index (χ1v) is 7.72. The van der Waals surface area contributed by atoms with E-state index in [1.165, 1.54) is 30.7 Å². The summed E-state index contributed by atoms with van der Waals surface area (Å²) >= 11 is 0. The minimum Gasteiger partial charge on any atom is -0.455 e. The lowest BCUT2D eigenvalue weighted by atomic mass is 9.79. The molecule has 0 heterocycles. The van der Waals surface area contributed by atoms with Crippen molar-refractivity contribution < 1.29 is 14.5 Å². The first kappa shape index (κ1) is 15.0. The molecule has 0 radical (unpaired) electrons. The van der Waals surface area contributed by atoms with Gasteiger partial charge in [-0.2, -0.15) is 0 Å². The molecule has 2 aliphatic rings. The summed E-state index contributed by atoms with van der Waals surface area (Å²) in [7, 11) is 0. The van der Waals surface area contributed by atoms with Gasteiger partial charge in [-0.1, -0.05) is 13.8 Å². The number of ether oxygens (including phenoxy) is 1. The average Bonchev–Trinajstić information content (AvgIpc) is 2.83. The lowest BCUT2D eigenvalue weighted by Gasteiger charge is -2.35. The number of carbonyl (C=O) groups excluding carboxylic acids is 1. The number of fused-ring (bicyclic) bond motifs is 2. The molecule has 0 aliphatic heterocycles. The molecule has 2 bridgehead atoms. The second-order valence-corrected chi connectivity index (χ2v) is 7.36. The Morgan fingerprint density at radius 3 is 2.32 bits per heavy atom. The van der Waals surface area contributed by atoms with Crippen molar-refractivity contribution in [2.75, 3.05) is 0 Å². The molecule has 1 aromatic carbocycles. The Labute approximate surface area is 129 Å². The van der Waals surface area contributed by atoms with E-state index < -0.39 is 10.5 Å². The zero-order chi connectivity index (χ0) is 16.1. The second-order valence-electron chi connectivity index (χ2n) is 7.36. The molecule has 22 heavy (non-hydrogen) atoms. The van der Waals surface area contributed by atoms with Gasteiger partial charge in [-0.25, -0.2) is 4.79 Å². The van der Waals surface area contributed by atoms with Gasteiger partial charge >= 0.3 is 5.97 Å². The van der Waals surface area contributed by atoms with Crippen LogP contribution in [0.4, 0.5) is 5.69 Å². The van der Waals surface area contributed by atoms with E-state index in [1.54, 1.807) is 0 Å². The van der Waals surface area contributed by atoms with Gasteiger partial charge in [-0.3, -0.25) is 10.1 Å². The number of rotatable bonds is 3. The zero-order valence-corrected chi connectivity index (χ0v) is 13.2. The van der Waals surface area contributed by atoms with Crippen LogP contribution in [0.5, 0.6) is 0 Å². The van der Waals surface area contributed by atoms with E-state index in [1.807, 2.05) is 6.92 Å². The van der Waals surface area contributed by atoms with Gasteiger partial charge in [0.1, 0.15) is 5.60 Å². The van der Waals surface area contributed by atoms with Gasteiger partial charge in [0.2, 0.25) is 0 Å². The highest BCUT2D eigenvalue weighted by Gasteiger charge is 2.61. The van der Waals surface area contributed by atoms with E-state index in [4.69, 9.17) is 4.74 Å². The Bertz CT molecular complexity index is 622. The van der Waals surface area contributed by atoms with Crippen LogP contribution in [-0.2, 0) is 4.74 Å². The average molecular weight is 303 g/mol. The summed E-state index contributed by atoms with van der Waals surface area (Å²) < 4.78 is 5.85. The fourth-order valence-corrected chi connectivity index (χ4v) is 4.59. The number of benzene rings is 1. The molecule has 1 aromatic rings. The Kier molecular flexibility index (Phi) is 3.27. The number of esters is 1. The largest absolute Gasteiger partial charge is 0.455 e. The van der Waals surface area contributed by atoms with Gasteiger partial charge in [-0.15, -0.1) is 0 Å². The van der Waals surface area contributed by atoms with Crippen molar-refractivity contribution in [2.24, 2.45) is 17.3 Å². The van der Waals surface area contributed by atoms with Crippen LogP contribution in [0.3, 0.4) is 0 Å². The van der Waals surface area contributed by atoms with E-state index in [9.17, 15) is 14.9 Å². The molecule has 0 amide bonds. The highest BCUT2D eigenvalue weighted by molar-refractivity contribution is 5.90. The number of hydrogen-bond donors (Lipinski definition) is 0. The van der Waals surface area contributed by atoms with E-state index in [2.05, 4.69) is 13.8 Å². The van der Waals surface area contributed by atoms with Gasteiger partial charge in [0, 0.05) is 18.1 Å². The molecule has 3 rings (SSSR count). The van der Waals surface area contributed by atoms with Crippen molar-refractivity contribution in [3.05, 3.63) is 39.9 Å². The number of hydrogen-bond acceptors (Lipinski definition) is 4. The topological polar surface area (TPSA) is 69.4 Å². The molecule has 5 nitrogen and oxygen atoms in total. The minimum atomic E-state index is -0.477. The first-order valence-electron chi connectivity index (χ1n) is 7.72. The lowest BCUT2D eigenvalue weighted by Crippen LogP contribution is -2.39. The first-order chi connectivity index (χ1) is 10.2. The Hall–Kier alpha value is -1.91. The summed E-state index contributed by atoms with van der Waals surface area (Å²) in [5.41, 5.74) is 0.131. The quantitative estimate of drug-likeness (QED) is 0.481. The lowest BCUT2D eigenvalue weighted by molar-refractivity contribution is -0.384. The molecule has 5 heteroatoms. The number of carbonyl (C=O) groups is 1. The highest BCUT2D eigenvalue weighted by Crippen LogP contribution is 2.63. The van der Waals surface area contributed by atoms with E-state index in [-0.39, 0.29) is 17.1 Å². The third kappa shape index (κ3) is 2.19. The number of non-ortho nitro benzene ring substituents is 1. The summed E-state index contributed by atoms with van der Waals surface area (Å²) in [4.78, 5) is 22.6. The summed E-state index contributed by atoms with van der Waals surface area (Å²) in [6, 6.07) is 5.59. The predicted octanol–water partition coefficient (Wildman–Crippen LogP) is 3.97. The third-order valence-corrected chi connectivity index (χ3v) is 5.78. The molecule has 2 fully saturated rings. The molecule has 0 saturated heterocycles. The Morgan fingerprint density at radius 1 is 1.23 bits per heavy atom. The standard InChI is InChI=1S/C17H21NO4/c1-16(2)12-6-9-14(16)17(3,10-12)22-15(19)11-4-7-13(8-5-11)18(20)21/h4-5,7-8,12,14H,6,9-10H2,1-3H3. The van der Waals surface area contributed by atoms with Crippen LogP contribution in [0.2, 0.25) is 0 Å². The highest BCUT2D eigenvalue weighted by atomic mass is 16.6. The normalized spacial score (nSPS) is 32.0. The molecule has 0 aromatic heterocycles. The van der Waals surface area contributed by atoms with Crippen LogP contribution in [-0.4, -0.2) is 16.5 Å². The summed E-state index contributed by atoms with van der Waals surface area (Å²) in [6.07, 6.45) is 3.22. The fraction of sp³-hybridized carbons (Fsp3) is 0.588. The monoisotopic (exact) mass is 303 g/mol. The predicted molar refractivity (Wildman–Crippen MR) is 81.5 cm³/mol. The second kappa shape index (κ2) is 4.80. The maximum atomic E-state index is 12.4. The molecule has 3 atom stereocenters. The maximum absolute atomic E-state index is 12.4. The Morgan fingerprint density at radius 2 is 1.86 bits per heavy atom. The molecule has 3 unspecified atom stereocenters. The molecule has 0 spiro atoms. The van der Waals surface area contributed by atoms with Crippen molar-refractivity contribution in [1.82, 2.24) is 0 Å². The van der Waals surface area contributed by atoms with E-state index in [0.717, 1.165) is 12.8 Å². The van der Waals surface area contributed by atoms with Crippen LogP contribution >= 0.6 is 0 Å².